The maximum Gasteiger partial charge on any atom is 0.264 e. The van der Waals surface area contributed by atoms with Gasteiger partial charge in [0, 0.05) is 24.5 Å². The monoisotopic (exact) mass is 679 g/mol. The van der Waals surface area contributed by atoms with Crippen molar-refractivity contribution in [2.75, 3.05) is 17.4 Å². The molecule has 0 aliphatic carbocycles. The van der Waals surface area contributed by atoms with E-state index in [9.17, 15) is 18.0 Å². The van der Waals surface area contributed by atoms with Gasteiger partial charge in [0.2, 0.25) is 11.8 Å². The summed E-state index contributed by atoms with van der Waals surface area (Å²) in [5.74, 6) is -0.719. The van der Waals surface area contributed by atoms with Crippen molar-refractivity contribution < 1.29 is 18.0 Å². The number of aryl methyl sites for hydroxylation is 2. The summed E-state index contributed by atoms with van der Waals surface area (Å²) in [4.78, 5) is 29.9. The van der Waals surface area contributed by atoms with Crippen LogP contribution in [0, 0.1) is 19.8 Å². The molecule has 4 rings (SSSR count). The topological polar surface area (TPSA) is 86.8 Å². The summed E-state index contributed by atoms with van der Waals surface area (Å²) in [6, 6.07) is 27.0. The normalized spacial score (nSPS) is 12.1. The van der Waals surface area contributed by atoms with Crippen molar-refractivity contribution in [3.05, 3.63) is 129 Å². The van der Waals surface area contributed by atoms with Crippen molar-refractivity contribution in [2.24, 2.45) is 5.92 Å². The van der Waals surface area contributed by atoms with Crippen LogP contribution in [0.25, 0.3) is 0 Å². The third-order valence-corrected chi connectivity index (χ3v) is 9.78. The first-order chi connectivity index (χ1) is 21.8. The van der Waals surface area contributed by atoms with E-state index >= 15 is 0 Å². The Morgan fingerprint density at radius 2 is 1.48 bits per heavy atom. The van der Waals surface area contributed by atoms with Gasteiger partial charge < -0.3 is 10.2 Å². The molecule has 0 fully saturated rings. The van der Waals surface area contributed by atoms with E-state index in [0.717, 1.165) is 26.6 Å². The first kappa shape index (κ1) is 35.0. The number of carbonyl (C=O) groups excluding carboxylic acids is 2. The molecule has 0 unspecified atom stereocenters. The third kappa shape index (κ3) is 9.12. The number of hydrogen-bond donors (Lipinski definition) is 1. The molecule has 0 bridgehead atoms. The molecule has 2 amide bonds. The molecule has 0 heterocycles. The maximum absolute atomic E-state index is 14.6. The van der Waals surface area contributed by atoms with Crippen LogP contribution < -0.4 is 9.62 Å². The Bertz CT molecular complexity index is 1760. The van der Waals surface area contributed by atoms with Crippen LogP contribution in [0.2, 0.25) is 10.0 Å². The molecule has 0 aliphatic rings. The molecule has 10 heteroatoms. The minimum Gasteiger partial charge on any atom is -0.354 e. The zero-order valence-corrected chi connectivity index (χ0v) is 28.7. The van der Waals surface area contributed by atoms with E-state index in [2.05, 4.69) is 5.32 Å². The van der Waals surface area contributed by atoms with Gasteiger partial charge in [0.15, 0.2) is 0 Å². The number of carbonyl (C=O) groups is 2. The van der Waals surface area contributed by atoms with Crippen LogP contribution in [0.3, 0.4) is 0 Å². The number of rotatable bonds is 13. The molecule has 0 saturated carbocycles. The van der Waals surface area contributed by atoms with Crippen molar-refractivity contribution in [1.29, 1.82) is 0 Å². The summed E-state index contributed by atoms with van der Waals surface area (Å²) in [6.45, 7) is 7.66. The predicted octanol–water partition coefficient (Wildman–Crippen LogP) is 7.22. The summed E-state index contributed by atoms with van der Waals surface area (Å²) >= 11 is 12.9. The molecule has 0 aliphatic heterocycles. The molecule has 46 heavy (non-hydrogen) atoms. The minimum absolute atomic E-state index is 0.0114. The molecule has 1 atom stereocenters. The van der Waals surface area contributed by atoms with Crippen LogP contribution >= 0.6 is 23.2 Å². The first-order valence-electron chi connectivity index (χ1n) is 15.1. The molecule has 4 aromatic rings. The number of nitrogens with zero attached hydrogens (tertiary/aromatic N) is 2. The lowest BCUT2D eigenvalue weighted by Gasteiger charge is -2.34. The van der Waals surface area contributed by atoms with Gasteiger partial charge in [-0.3, -0.25) is 13.9 Å². The van der Waals surface area contributed by atoms with Gasteiger partial charge in [0.25, 0.3) is 10.0 Å². The van der Waals surface area contributed by atoms with Crippen molar-refractivity contribution in [2.45, 2.75) is 51.6 Å². The minimum atomic E-state index is -4.30. The molecular weight excluding hydrogens is 641 g/mol. The lowest BCUT2D eigenvalue weighted by atomic mass is 10.0. The molecule has 1 N–H and O–H groups in total. The smallest absolute Gasteiger partial charge is 0.264 e. The number of anilines is 1. The zero-order chi connectivity index (χ0) is 33.4. The van der Waals surface area contributed by atoms with Crippen molar-refractivity contribution >= 4 is 50.7 Å². The summed E-state index contributed by atoms with van der Waals surface area (Å²) in [5, 5.41) is 3.35. The van der Waals surface area contributed by atoms with E-state index in [1.54, 1.807) is 18.2 Å². The molecule has 242 valence electrons. The van der Waals surface area contributed by atoms with Gasteiger partial charge in [-0.25, -0.2) is 8.42 Å². The van der Waals surface area contributed by atoms with Gasteiger partial charge in [-0.1, -0.05) is 115 Å². The van der Waals surface area contributed by atoms with Gasteiger partial charge in [0.05, 0.1) is 15.6 Å². The Morgan fingerprint density at radius 3 is 2.13 bits per heavy atom. The van der Waals surface area contributed by atoms with E-state index in [1.165, 1.54) is 29.2 Å². The van der Waals surface area contributed by atoms with E-state index in [1.807, 2.05) is 82.3 Å². The number of halogens is 2. The van der Waals surface area contributed by atoms with Gasteiger partial charge in [-0.15, -0.1) is 0 Å². The van der Waals surface area contributed by atoms with Crippen molar-refractivity contribution in [3.63, 3.8) is 0 Å². The Kier molecular flexibility index (Phi) is 11.9. The van der Waals surface area contributed by atoms with E-state index < -0.39 is 28.5 Å². The van der Waals surface area contributed by atoms with Gasteiger partial charge in [-0.05, 0) is 61.2 Å². The highest BCUT2D eigenvalue weighted by atomic mass is 35.5. The summed E-state index contributed by atoms with van der Waals surface area (Å²) < 4.78 is 29.4. The summed E-state index contributed by atoms with van der Waals surface area (Å²) in [5.41, 5.74) is 3.58. The van der Waals surface area contributed by atoms with Gasteiger partial charge >= 0.3 is 0 Å². The largest absolute Gasteiger partial charge is 0.354 e. The standard InChI is InChI=1S/C36H39Cl2N3O4S/c1-25(2)22-39-36(43)34(20-28-10-6-5-7-11-28)40(23-29-12-8-9-27(4)19-29)35(42)24-41(33-21-30(37)15-18-32(33)38)46(44,45)31-16-13-26(3)14-17-31/h5-19,21,25,34H,20,22-24H2,1-4H3,(H,39,43)/t34-/m0/s1. The second-order valence-electron chi connectivity index (χ2n) is 11.8. The average Bonchev–Trinajstić information content (AvgIpc) is 3.02. The molecule has 0 saturated heterocycles. The molecule has 0 radical (unpaired) electrons. The second-order valence-corrected chi connectivity index (χ2v) is 14.5. The third-order valence-electron chi connectivity index (χ3n) is 7.46. The van der Waals surface area contributed by atoms with Crippen molar-refractivity contribution in [3.8, 4) is 0 Å². The Morgan fingerprint density at radius 1 is 0.804 bits per heavy atom. The second kappa shape index (κ2) is 15.6. The van der Waals surface area contributed by atoms with Crippen LogP contribution in [0.1, 0.15) is 36.1 Å². The Labute approximate surface area is 282 Å². The zero-order valence-electron chi connectivity index (χ0n) is 26.4. The predicted molar refractivity (Wildman–Crippen MR) is 186 cm³/mol. The molecule has 4 aromatic carbocycles. The number of nitrogens with one attached hydrogen (secondary N) is 1. The first-order valence-corrected chi connectivity index (χ1v) is 17.3. The lowest BCUT2D eigenvalue weighted by molar-refractivity contribution is -0.140. The van der Waals surface area contributed by atoms with Gasteiger partial charge in [-0.2, -0.15) is 0 Å². The lowest BCUT2D eigenvalue weighted by Crippen LogP contribution is -2.53. The van der Waals surface area contributed by atoms with Crippen LogP contribution in [-0.2, 0) is 32.6 Å². The fraction of sp³-hybridized carbons (Fsp3) is 0.278. The highest BCUT2D eigenvalue weighted by molar-refractivity contribution is 7.92. The fourth-order valence-electron chi connectivity index (χ4n) is 5.01. The van der Waals surface area contributed by atoms with Crippen LogP contribution in [0.4, 0.5) is 5.69 Å². The molecular formula is C36H39Cl2N3O4S. The number of sulfonamides is 1. The highest BCUT2D eigenvalue weighted by Crippen LogP contribution is 2.33. The quantitative estimate of drug-likeness (QED) is 0.162. The van der Waals surface area contributed by atoms with E-state index in [4.69, 9.17) is 23.2 Å². The fourth-order valence-corrected chi connectivity index (χ4v) is 6.87. The molecule has 7 nitrogen and oxygen atoms in total. The average molecular weight is 681 g/mol. The molecule has 0 aromatic heterocycles. The van der Waals surface area contributed by atoms with E-state index in [0.29, 0.717) is 6.54 Å². The van der Waals surface area contributed by atoms with Crippen LogP contribution in [0.15, 0.2) is 102 Å². The van der Waals surface area contributed by atoms with Gasteiger partial charge in [0.1, 0.15) is 12.6 Å². The Hall–Kier alpha value is -3.85. The van der Waals surface area contributed by atoms with Crippen LogP contribution in [-0.4, -0.2) is 44.3 Å². The molecule has 0 spiro atoms. The highest BCUT2D eigenvalue weighted by Gasteiger charge is 2.35. The maximum atomic E-state index is 14.6. The summed E-state index contributed by atoms with van der Waals surface area (Å²) in [7, 11) is -4.30. The number of hydrogen-bond acceptors (Lipinski definition) is 4. The van der Waals surface area contributed by atoms with E-state index in [-0.39, 0.29) is 45.4 Å². The summed E-state index contributed by atoms with van der Waals surface area (Å²) in [6.07, 6.45) is 0.227. The number of benzene rings is 4. The van der Waals surface area contributed by atoms with Crippen LogP contribution in [0.5, 0.6) is 0 Å². The Balaban J connectivity index is 1.83. The van der Waals surface area contributed by atoms with Crippen molar-refractivity contribution in [1.82, 2.24) is 10.2 Å². The SMILES string of the molecule is Cc1ccc(S(=O)(=O)N(CC(=O)N(Cc2cccc(C)c2)[C@@H](Cc2ccccc2)C(=O)NCC(C)C)c2cc(Cl)ccc2Cl)cc1. The number of amides is 2.